The van der Waals surface area contributed by atoms with Crippen LogP contribution in [-0.2, 0) is 10.0 Å². The Kier molecular flexibility index (Phi) is 6.44. The Morgan fingerprint density at radius 3 is 2.37 bits per heavy atom. The van der Waals surface area contributed by atoms with E-state index in [9.17, 15) is 8.42 Å². The fourth-order valence-electron chi connectivity index (χ4n) is 3.35. The topological polar surface area (TPSA) is 58.6 Å². The van der Waals surface area contributed by atoms with E-state index in [1.807, 2.05) is 19.1 Å². The Morgan fingerprint density at radius 1 is 1.07 bits per heavy atom. The fourth-order valence-corrected chi connectivity index (χ4v) is 5.29. The molecule has 1 aliphatic heterocycles. The summed E-state index contributed by atoms with van der Waals surface area (Å²) >= 11 is 3.32. The largest absolute Gasteiger partial charge is 0.495 e. The standard InChI is InChI=1S/C20H25BrN2O3S/c1-15(16-6-9-18(10-7-16)23-12-4-3-5-13-23)22-27(24,25)20-14-17(21)8-11-19(20)26-2/h6-11,14-15,22H,3-5,12-13H2,1-2H3/t15-/m0/s1. The number of anilines is 1. The zero-order valence-electron chi connectivity index (χ0n) is 15.6. The highest BCUT2D eigenvalue weighted by molar-refractivity contribution is 9.10. The molecule has 0 unspecified atom stereocenters. The second-order valence-electron chi connectivity index (χ2n) is 6.78. The first-order valence-corrected chi connectivity index (χ1v) is 11.4. The lowest BCUT2D eigenvalue weighted by atomic mass is 10.1. The second kappa shape index (κ2) is 8.63. The third-order valence-corrected chi connectivity index (χ3v) is 6.92. The molecular formula is C20H25BrN2O3S. The van der Waals surface area contributed by atoms with Crippen molar-refractivity contribution in [2.45, 2.75) is 37.1 Å². The van der Waals surface area contributed by atoms with E-state index in [-0.39, 0.29) is 10.9 Å². The van der Waals surface area contributed by atoms with E-state index in [1.54, 1.807) is 18.2 Å². The van der Waals surface area contributed by atoms with Crippen LogP contribution in [0, 0.1) is 0 Å². The van der Waals surface area contributed by atoms with Crippen molar-refractivity contribution in [3.63, 3.8) is 0 Å². The van der Waals surface area contributed by atoms with Crippen molar-refractivity contribution in [3.8, 4) is 5.75 Å². The van der Waals surface area contributed by atoms with Crippen molar-refractivity contribution in [2.75, 3.05) is 25.1 Å². The molecule has 0 radical (unpaired) electrons. The van der Waals surface area contributed by atoms with E-state index in [0.717, 1.165) is 18.7 Å². The molecule has 0 spiro atoms. The van der Waals surface area contributed by atoms with Gasteiger partial charge in [0.1, 0.15) is 10.6 Å². The maximum atomic E-state index is 12.8. The van der Waals surface area contributed by atoms with Crippen molar-refractivity contribution < 1.29 is 13.2 Å². The smallest absolute Gasteiger partial charge is 0.244 e. The zero-order valence-corrected chi connectivity index (χ0v) is 18.0. The van der Waals surface area contributed by atoms with Gasteiger partial charge in [-0.1, -0.05) is 28.1 Å². The number of halogens is 1. The molecule has 1 heterocycles. The first-order valence-electron chi connectivity index (χ1n) is 9.11. The quantitative estimate of drug-likeness (QED) is 0.701. The van der Waals surface area contributed by atoms with Crippen LogP contribution in [0.5, 0.6) is 5.75 Å². The van der Waals surface area contributed by atoms with Gasteiger partial charge in [-0.2, -0.15) is 0 Å². The highest BCUT2D eigenvalue weighted by atomic mass is 79.9. The average molecular weight is 453 g/mol. The van der Waals surface area contributed by atoms with Crippen molar-refractivity contribution in [3.05, 3.63) is 52.5 Å². The van der Waals surface area contributed by atoms with E-state index in [1.165, 1.54) is 32.1 Å². The molecule has 1 fully saturated rings. The SMILES string of the molecule is COc1ccc(Br)cc1S(=O)(=O)N[C@@H](C)c1ccc(N2CCCCC2)cc1. The van der Waals surface area contributed by atoms with Gasteiger partial charge in [0, 0.05) is 29.3 Å². The summed E-state index contributed by atoms with van der Waals surface area (Å²) in [6.07, 6.45) is 3.76. The molecule has 0 amide bonds. The first-order chi connectivity index (χ1) is 12.9. The molecule has 5 nitrogen and oxygen atoms in total. The van der Waals surface area contributed by atoms with Crippen LogP contribution in [0.1, 0.15) is 37.8 Å². The van der Waals surface area contributed by atoms with Crippen LogP contribution in [0.25, 0.3) is 0 Å². The summed E-state index contributed by atoms with van der Waals surface area (Å²) in [7, 11) is -2.26. The Hall–Kier alpha value is -1.57. The van der Waals surface area contributed by atoms with E-state index in [2.05, 4.69) is 37.7 Å². The van der Waals surface area contributed by atoms with Gasteiger partial charge in [0.15, 0.2) is 0 Å². The minimum absolute atomic E-state index is 0.121. The van der Waals surface area contributed by atoms with Crippen molar-refractivity contribution in [2.24, 2.45) is 0 Å². The molecule has 2 aromatic carbocycles. The first kappa shape index (κ1) is 20.2. The number of hydrogen-bond acceptors (Lipinski definition) is 4. The third-order valence-electron chi connectivity index (χ3n) is 4.86. The summed E-state index contributed by atoms with van der Waals surface area (Å²) < 4.78 is 34.3. The van der Waals surface area contributed by atoms with Crippen LogP contribution in [0.2, 0.25) is 0 Å². The van der Waals surface area contributed by atoms with Crippen LogP contribution in [0.4, 0.5) is 5.69 Å². The summed E-state index contributed by atoms with van der Waals surface area (Å²) in [6, 6.07) is 12.7. The number of benzene rings is 2. The predicted octanol–water partition coefficient (Wildman–Crippen LogP) is 4.49. The molecule has 1 saturated heterocycles. The molecule has 0 aliphatic carbocycles. The maximum Gasteiger partial charge on any atom is 0.244 e. The summed E-state index contributed by atoms with van der Waals surface area (Å²) in [4.78, 5) is 2.50. The Bertz CT molecular complexity index is 879. The van der Waals surface area contributed by atoms with Crippen LogP contribution >= 0.6 is 15.9 Å². The third kappa shape index (κ3) is 4.83. The van der Waals surface area contributed by atoms with Gasteiger partial charge in [-0.15, -0.1) is 0 Å². The van der Waals surface area contributed by atoms with Gasteiger partial charge in [-0.05, 0) is 62.1 Å². The maximum absolute atomic E-state index is 12.8. The summed E-state index contributed by atoms with van der Waals surface area (Å²) in [5.41, 5.74) is 2.12. The lowest BCUT2D eigenvalue weighted by molar-refractivity contribution is 0.402. The number of nitrogens with one attached hydrogen (secondary N) is 1. The van der Waals surface area contributed by atoms with Crippen molar-refractivity contribution in [1.82, 2.24) is 4.72 Å². The number of piperidine rings is 1. The van der Waals surface area contributed by atoms with Gasteiger partial charge in [-0.25, -0.2) is 13.1 Å². The fraction of sp³-hybridized carbons (Fsp3) is 0.400. The number of nitrogens with zero attached hydrogens (tertiary/aromatic N) is 1. The van der Waals surface area contributed by atoms with E-state index in [0.29, 0.717) is 10.2 Å². The normalized spacial score (nSPS) is 16.2. The molecule has 0 saturated carbocycles. The van der Waals surface area contributed by atoms with Crippen LogP contribution < -0.4 is 14.4 Å². The molecule has 0 bridgehead atoms. The molecule has 2 aromatic rings. The van der Waals surface area contributed by atoms with Crippen LogP contribution in [0.3, 0.4) is 0 Å². The number of rotatable bonds is 6. The van der Waals surface area contributed by atoms with Gasteiger partial charge < -0.3 is 9.64 Å². The molecule has 7 heteroatoms. The van der Waals surface area contributed by atoms with Gasteiger partial charge in [0.2, 0.25) is 10.0 Å². The number of sulfonamides is 1. The lowest BCUT2D eigenvalue weighted by Crippen LogP contribution is -2.29. The summed E-state index contributed by atoms with van der Waals surface area (Å²) in [5.74, 6) is 0.318. The number of ether oxygens (including phenoxy) is 1. The highest BCUT2D eigenvalue weighted by Crippen LogP contribution is 2.29. The average Bonchev–Trinajstić information content (AvgIpc) is 2.68. The minimum atomic E-state index is -3.72. The lowest BCUT2D eigenvalue weighted by Gasteiger charge is -2.29. The Labute approximate surface area is 169 Å². The molecule has 1 aliphatic rings. The summed E-state index contributed by atoms with van der Waals surface area (Å²) in [6.45, 7) is 4.02. The van der Waals surface area contributed by atoms with Gasteiger partial charge in [-0.3, -0.25) is 0 Å². The zero-order chi connectivity index (χ0) is 19.4. The molecular weight excluding hydrogens is 428 g/mol. The molecule has 27 heavy (non-hydrogen) atoms. The van der Waals surface area contributed by atoms with Crippen molar-refractivity contribution >= 4 is 31.6 Å². The van der Waals surface area contributed by atoms with E-state index < -0.39 is 10.0 Å². The molecule has 0 aromatic heterocycles. The Morgan fingerprint density at radius 2 is 1.74 bits per heavy atom. The molecule has 1 atom stereocenters. The van der Waals surface area contributed by atoms with Crippen LogP contribution in [0.15, 0.2) is 51.8 Å². The molecule has 1 N–H and O–H groups in total. The predicted molar refractivity (Wildman–Crippen MR) is 112 cm³/mol. The highest BCUT2D eigenvalue weighted by Gasteiger charge is 2.23. The van der Waals surface area contributed by atoms with Gasteiger partial charge >= 0.3 is 0 Å². The molecule has 3 rings (SSSR count). The molecule has 146 valence electrons. The monoisotopic (exact) mass is 452 g/mol. The second-order valence-corrected chi connectivity index (χ2v) is 9.38. The van der Waals surface area contributed by atoms with Gasteiger partial charge in [0.25, 0.3) is 0 Å². The number of methoxy groups -OCH3 is 1. The summed E-state index contributed by atoms with van der Waals surface area (Å²) in [5, 5.41) is 0. The van der Waals surface area contributed by atoms with Gasteiger partial charge in [0.05, 0.1) is 7.11 Å². The minimum Gasteiger partial charge on any atom is -0.495 e. The van der Waals surface area contributed by atoms with E-state index in [4.69, 9.17) is 4.74 Å². The van der Waals surface area contributed by atoms with Crippen LogP contribution in [-0.4, -0.2) is 28.6 Å². The van der Waals surface area contributed by atoms with E-state index >= 15 is 0 Å². The number of hydrogen-bond donors (Lipinski definition) is 1. The Balaban J connectivity index is 1.76. The van der Waals surface area contributed by atoms with Crippen molar-refractivity contribution in [1.29, 1.82) is 0 Å².